The average molecular weight is 364 g/mol. The second-order valence-corrected chi connectivity index (χ2v) is 6.57. The number of esters is 3. The quantitative estimate of drug-likeness (QED) is 0.463. The Morgan fingerprint density at radius 3 is 2.65 bits per heavy atom. The fourth-order valence-electron chi connectivity index (χ4n) is 3.06. The van der Waals surface area contributed by atoms with E-state index in [1.807, 2.05) is 6.92 Å². The molecular weight excluding hydrogens is 340 g/mol. The normalized spacial score (nSPS) is 28.6. The van der Waals surface area contributed by atoms with Crippen molar-refractivity contribution >= 4 is 17.9 Å². The molecule has 26 heavy (non-hydrogen) atoms. The van der Waals surface area contributed by atoms with Crippen molar-refractivity contribution < 1.29 is 33.7 Å². The van der Waals surface area contributed by atoms with Gasteiger partial charge in [-0.3, -0.25) is 9.59 Å². The van der Waals surface area contributed by atoms with Crippen LogP contribution >= 0.6 is 0 Å². The molecule has 0 saturated carbocycles. The number of aliphatic hydroxyl groups is 1. The van der Waals surface area contributed by atoms with Gasteiger partial charge in [0.05, 0.1) is 11.7 Å². The van der Waals surface area contributed by atoms with Crippen molar-refractivity contribution in [3.8, 4) is 0 Å². The third-order valence-corrected chi connectivity index (χ3v) is 4.38. The highest BCUT2D eigenvalue weighted by molar-refractivity contribution is 5.93. The number of hydrogen-bond donors (Lipinski definition) is 1. The molecule has 0 aromatic rings. The first-order chi connectivity index (χ1) is 12.2. The Morgan fingerprint density at radius 2 is 2.04 bits per heavy atom. The van der Waals surface area contributed by atoms with Crippen LogP contribution in [-0.4, -0.2) is 47.9 Å². The lowest BCUT2D eigenvalue weighted by molar-refractivity contribution is -0.145. The summed E-state index contributed by atoms with van der Waals surface area (Å²) in [6.07, 6.45) is 0.723. The minimum Gasteiger partial charge on any atom is -0.461 e. The van der Waals surface area contributed by atoms with Gasteiger partial charge < -0.3 is 19.3 Å². The molecule has 0 radical (unpaired) electrons. The van der Waals surface area contributed by atoms with Crippen LogP contribution in [0.25, 0.3) is 0 Å². The number of carbonyl (C=O) groups excluding carboxylic acids is 3. The fraction of sp³-hybridized carbons (Fsp3) is 0.526. The molecule has 0 unspecified atom stereocenters. The van der Waals surface area contributed by atoms with Gasteiger partial charge in [0.25, 0.3) is 0 Å². The summed E-state index contributed by atoms with van der Waals surface area (Å²) in [7, 11) is 0. The van der Waals surface area contributed by atoms with E-state index in [1.165, 1.54) is 13.8 Å². The summed E-state index contributed by atoms with van der Waals surface area (Å²) < 4.78 is 15.8. The zero-order valence-corrected chi connectivity index (χ0v) is 15.2. The Balaban J connectivity index is 2.52. The third-order valence-electron chi connectivity index (χ3n) is 4.38. The van der Waals surface area contributed by atoms with Gasteiger partial charge in [0.2, 0.25) is 0 Å². The van der Waals surface area contributed by atoms with Gasteiger partial charge in [-0.2, -0.15) is 0 Å². The number of rotatable bonds is 3. The van der Waals surface area contributed by atoms with Crippen LogP contribution in [0.1, 0.15) is 40.0 Å². The van der Waals surface area contributed by atoms with Gasteiger partial charge in [-0.05, 0) is 31.4 Å². The Labute approximate surface area is 152 Å². The minimum atomic E-state index is -0.834. The van der Waals surface area contributed by atoms with E-state index in [1.54, 1.807) is 6.08 Å². The molecule has 1 N–H and O–H groups in total. The molecule has 7 heteroatoms. The topological polar surface area (TPSA) is 99.1 Å². The summed E-state index contributed by atoms with van der Waals surface area (Å²) in [5.41, 5.74) is 2.01. The lowest BCUT2D eigenvalue weighted by atomic mass is 9.89. The molecule has 1 aliphatic carbocycles. The standard InChI is InChI=1S/C19H24O7/c1-10-5-6-15(22)11(2)8-17(25-13(4)21)18-14(9-24-12(3)20)19(23)26-16(18)7-10/h7,15-17,22H,2,5-6,8-9H2,1,3-4H3/b10-7+/t15-,16+,17-/m0/s1. The maximum absolute atomic E-state index is 12.3. The van der Waals surface area contributed by atoms with Crippen LogP contribution in [0.2, 0.25) is 0 Å². The van der Waals surface area contributed by atoms with E-state index < -0.39 is 36.2 Å². The number of allylic oxidation sites excluding steroid dienone is 1. The highest BCUT2D eigenvalue weighted by Crippen LogP contribution is 2.34. The van der Waals surface area contributed by atoms with Crippen molar-refractivity contribution in [3.05, 3.63) is 34.9 Å². The molecule has 0 spiro atoms. The molecule has 2 rings (SSSR count). The summed E-state index contributed by atoms with van der Waals surface area (Å²) in [6, 6.07) is 0. The fourth-order valence-corrected chi connectivity index (χ4v) is 3.06. The van der Waals surface area contributed by atoms with E-state index in [9.17, 15) is 19.5 Å². The van der Waals surface area contributed by atoms with Crippen molar-refractivity contribution in [2.75, 3.05) is 6.61 Å². The van der Waals surface area contributed by atoms with E-state index in [-0.39, 0.29) is 18.6 Å². The Hall–Kier alpha value is -2.41. The first-order valence-electron chi connectivity index (χ1n) is 8.46. The van der Waals surface area contributed by atoms with Crippen molar-refractivity contribution in [1.29, 1.82) is 0 Å². The van der Waals surface area contributed by atoms with Crippen LogP contribution < -0.4 is 0 Å². The molecule has 1 heterocycles. The Morgan fingerprint density at radius 1 is 1.35 bits per heavy atom. The van der Waals surface area contributed by atoms with Crippen LogP contribution in [0.3, 0.4) is 0 Å². The average Bonchev–Trinajstić information content (AvgIpc) is 2.83. The van der Waals surface area contributed by atoms with E-state index in [4.69, 9.17) is 14.2 Å². The van der Waals surface area contributed by atoms with Gasteiger partial charge in [0, 0.05) is 25.8 Å². The smallest absolute Gasteiger partial charge is 0.338 e. The van der Waals surface area contributed by atoms with Crippen molar-refractivity contribution in [2.45, 2.75) is 58.3 Å². The molecule has 0 amide bonds. The highest BCUT2D eigenvalue weighted by Gasteiger charge is 2.40. The second kappa shape index (κ2) is 8.31. The van der Waals surface area contributed by atoms with Gasteiger partial charge in [0.15, 0.2) is 0 Å². The summed E-state index contributed by atoms with van der Waals surface area (Å²) in [5, 5.41) is 10.3. The SMILES string of the molecule is C=C1C[C@H](OC(C)=O)C2=C(COC(C)=O)C(=O)O[C@@H]2/C=C(\C)CC[C@@H]1O. The first kappa shape index (κ1) is 19.9. The number of ether oxygens (including phenoxy) is 3. The van der Waals surface area contributed by atoms with Gasteiger partial charge in [0.1, 0.15) is 18.8 Å². The lowest BCUT2D eigenvalue weighted by Crippen LogP contribution is -2.29. The molecule has 0 saturated heterocycles. The minimum absolute atomic E-state index is 0.152. The summed E-state index contributed by atoms with van der Waals surface area (Å²) in [4.78, 5) is 35.1. The molecule has 142 valence electrons. The molecule has 0 fully saturated rings. The van der Waals surface area contributed by atoms with Crippen LogP contribution in [0.15, 0.2) is 34.9 Å². The molecule has 2 aliphatic rings. The van der Waals surface area contributed by atoms with Gasteiger partial charge in [-0.25, -0.2) is 4.79 Å². The van der Waals surface area contributed by atoms with Gasteiger partial charge in [-0.1, -0.05) is 12.2 Å². The third kappa shape index (κ3) is 4.82. The summed E-state index contributed by atoms with van der Waals surface area (Å²) >= 11 is 0. The van der Waals surface area contributed by atoms with Crippen molar-refractivity contribution in [3.63, 3.8) is 0 Å². The largest absolute Gasteiger partial charge is 0.461 e. The van der Waals surface area contributed by atoms with Crippen LogP contribution in [0, 0.1) is 0 Å². The molecule has 1 aliphatic heterocycles. The number of aliphatic hydroxyl groups excluding tert-OH is 1. The second-order valence-electron chi connectivity index (χ2n) is 6.57. The lowest BCUT2D eigenvalue weighted by Gasteiger charge is -2.26. The van der Waals surface area contributed by atoms with Crippen LogP contribution in [0.4, 0.5) is 0 Å². The zero-order chi connectivity index (χ0) is 19.4. The molecule has 7 nitrogen and oxygen atoms in total. The van der Waals surface area contributed by atoms with Crippen LogP contribution in [0.5, 0.6) is 0 Å². The Bertz CT molecular complexity index is 686. The van der Waals surface area contributed by atoms with E-state index in [2.05, 4.69) is 6.58 Å². The monoisotopic (exact) mass is 364 g/mol. The molecular formula is C19H24O7. The highest BCUT2D eigenvalue weighted by atomic mass is 16.6. The maximum Gasteiger partial charge on any atom is 0.338 e. The zero-order valence-electron chi connectivity index (χ0n) is 15.2. The van der Waals surface area contributed by atoms with E-state index >= 15 is 0 Å². The number of fused-ring (bicyclic) bond motifs is 1. The maximum atomic E-state index is 12.3. The predicted octanol–water partition coefficient (Wildman–Crippen LogP) is 1.75. The first-order valence-corrected chi connectivity index (χ1v) is 8.46. The summed E-state index contributed by atoms with van der Waals surface area (Å²) in [5.74, 6) is -1.69. The van der Waals surface area contributed by atoms with Gasteiger partial charge >= 0.3 is 17.9 Å². The van der Waals surface area contributed by atoms with Gasteiger partial charge in [-0.15, -0.1) is 0 Å². The Kier molecular flexibility index (Phi) is 6.37. The summed E-state index contributed by atoms with van der Waals surface area (Å²) in [6.45, 7) is 7.99. The van der Waals surface area contributed by atoms with E-state index in [0.29, 0.717) is 24.0 Å². The predicted molar refractivity (Wildman–Crippen MR) is 91.8 cm³/mol. The molecule has 0 bridgehead atoms. The number of hydrogen-bond acceptors (Lipinski definition) is 7. The number of carbonyl (C=O) groups is 3. The van der Waals surface area contributed by atoms with Crippen LogP contribution in [-0.2, 0) is 28.6 Å². The molecule has 3 atom stereocenters. The van der Waals surface area contributed by atoms with Crippen molar-refractivity contribution in [1.82, 2.24) is 0 Å². The molecule has 0 aromatic heterocycles. The van der Waals surface area contributed by atoms with E-state index in [0.717, 1.165) is 5.57 Å². The van der Waals surface area contributed by atoms with Crippen molar-refractivity contribution in [2.24, 2.45) is 0 Å². The molecule has 0 aromatic carbocycles.